The summed E-state index contributed by atoms with van der Waals surface area (Å²) in [5.74, 6) is 0.668. The number of carbonyl (C=O) groups is 1. The molecule has 2 aromatic rings. The Kier molecular flexibility index (Phi) is 8.41. The molecular formula is C30H42N4O4. The largest absolute Gasteiger partial charge is 0.478 e. The highest BCUT2D eigenvalue weighted by Gasteiger charge is 2.31. The van der Waals surface area contributed by atoms with Crippen molar-refractivity contribution in [3.05, 3.63) is 47.5 Å². The number of aryl methyl sites for hydroxylation is 1. The van der Waals surface area contributed by atoms with Gasteiger partial charge in [0.2, 0.25) is 0 Å². The van der Waals surface area contributed by atoms with Crippen molar-refractivity contribution in [1.29, 1.82) is 0 Å². The Labute approximate surface area is 226 Å². The van der Waals surface area contributed by atoms with E-state index < -0.39 is 12.2 Å². The first-order valence-electron chi connectivity index (χ1n) is 14.1. The molecule has 1 amide bonds. The summed E-state index contributed by atoms with van der Waals surface area (Å²) in [6.07, 6.45) is 2.70. The quantitative estimate of drug-likeness (QED) is 0.572. The number of fused-ring (bicyclic) bond motifs is 1. The fourth-order valence-electron chi connectivity index (χ4n) is 5.71. The van der Waals surface area contributed by atoms with Crippen molar-refractivity contribution in [3.63, 3.8) is 0 Å². The summed E-state index contributed by atoms with van der Waals surface area (Å²) < 4.78 is 12.2. The minimum atomic E-state index is -0.552. The molecule has 0 aromatic heterocycles. The molecule has 8 nitrogen and oxygen atoms in total. The van der Waals surface area contributed by atoms with Crippen molar-refractivity contribution >= 4 is 23.0 Å². The lowest BCUT2D eigenvalue weighted by Crippen LogP contribution is -2.45. The Balaban J connectivity index is 1.24. The molecule has 3 aliphatic heterocycles. The van der Waals surface area contributed by atoms with Crippen molar-refractivity contribution in [1.82, 2.24) is 4.90 Å². The number of hydrogen-bond donors (Lipinski definition) is 2. The van der Waals surface area contributed by atoms with Crippen LogP contribution in [0.25, 0.3) is 0 Å². The van der Waals surface area contributed by atoms with Crippen LogP contribution in [-0.2, 0) is 16.0 Å². The Morgan fingerprint density at radius 2 is 1.76 bits per heavy atom. The summed E-state index contributed by atoms with van der Waals surface area (Å²) in [6.45, 7) is 10.3. The summed E-state index contributed by atoms with van der Waals surface area (Å²) in [4.78, 5) is 20.3. The second kappa shape index (κ2) is 11.9. The molecule has 5 rings (SSSR count). The first kappa shape index (κ1) is 26.8. The zero-order valence-corrected chi connectivity index (χ0v) is 23.0. The molecular weight excluding hydrogens is 480 g/mol. The van der Waals surface area contributed by atoms with Crippen LogP contribution in [0.3, 0.4) is 0 Å². The SMILES string of the molecule is CCOC1CCN(c2ccc(NC(=O)C3CCc4cc(C(C)O)cc(N5CCN(C)CC5)c4O3)cc2)CC1. The molecule has 0 saturated carbocycles. The number of nitrogens with one attached hydrogen (secondary N) is 1. The Bertz CT molecular complexity index is 1090. The average Bonchev–Trinajstić information content (AvgIpc) is 2.93. The normalized spacial score (nSPS) is 21.5. The second-order valence-corrected chi connectivity index (χ2v) is 10.8. The van der Waals surface area contributed by atoms with Gasteiger partial charge >= 0.3 is 0 Å². The van der Waals surface area contributed by atoms with E-state index in [1.807, 2.05) is 24.3 Å². The minimum Gasteiger partial charge on any atom is -0.478 e. The van der Waals surface area contributed by atoms with Crippen LogP contribution in [0.5, 0.6) is 5.75 Å². The van der Waals surface area contributed by atoms with Crippen LogP contribution < -0.4 is 19.9 Å². The summed E-state index contributed by atoms with van der Waals surface area (Å²) in [5.41, 5.74) is 4.90. The van der Waals surface area contributed by atoms with Crippen LogP contribution in [0.4, 0.5) is 17.1 Å². The molecule has 206 valence electrons. The fraction of sp³-hybridized carbons (Fsp3) is 0.567. The van der Waals surface area contributed by atoms with E-state index in [1.54, 1.807) is 6.92 Å². The molecule has 2 atom stereocenters. The van der Waals surface area contributed by atoms with Crippen molar-refractivity contribution < 1.29 is 19.4 Å². The van der Waals surface area contributed by atoms with Crippen LogP contribution >= 0.6 is 0 Å². The van der Waals surface area contributed by atoms with Crippen LogP contribution in [-0.4, -0.2) is 81.0 Å². The topological polar surface area (TPSA) is 77.5 Å². The van der Waals surface area contributed by atoms with Gasteiger partial charge in [0.1, 0.15) is 5.75 Å². The van der Waals surface area contributed by atoms with Gasteiger partial charge in [-0.05, 0) is 94.1 Å². The number of anilines is 3. The number of aliphatic hydroxyl groups excluding tert-OH is 1. The molecule has 2 N–H and O–H groups in total. The van der Waals surface area contributed by atoms with E-state index in [-0.39, 0.29) is 5.91 Å². The summed E-state index contributed by atoms with van der Waals surface area (Å²) in [7, 11) is 2.13. The van der Waals surface area contributed by atoms with E-state index >= 15 is 0 Å². The van der Waals surface area contributed by atoms with Gasteiger partial charge in [-0.3, -0.25) is 4.79 Å². The number of carbonyl (C=O) groups excluding carboxylic acids is 1. The number of nitrogens with zero attached hydrogens (tertiary/aromatic N) is 3. The number of rotatable bonds is 7. The first-order chi connectivity index (χ1) is 18.4. The number of piperidine rings is 1. The van der Waals surface area contributed by atoms with Gasteiger partial charge in [-0.1, -0.05) is 0 Å². The lowest BCUT2D eigenvalue weighted by Gasteiger charge is -2.37. The summed E-state index contributed by atoms with van der Waals surface area (Å²) >= 11 is 0. The van der Waals surface area contributed by atoms with Crippen LogP contribution in [0.1, 0.15) is 50.3 Å². The molecule has 3 heterocycles. The highest BCUT2D eigenvalue weighted by Crippen LogP contribution is 2.40. The number of benzene rings is 2. The second-order valence-electron chi connectivity index (χ2n) is 10.8. The van der Waals surface area contributed by atoms with Gasteiger partial charge in [0.25, 0.3) is 5.91 Å². The molecule has 2 aromatic carbocycles. The number of ether oxygens (including phenoxy) is 2. The smallest absolute Gasteiger partial charge is 0.265 e. The Hall–Kier alpha value is -2.81. The predicted molar refractivity (Wildman–Crippen MR) is 151 cm³/mol. The monoisotopic (exact) mass is 522 g/mol. The third-order valence-electron chi connectivity index (χ3n) is 8.07. The molecule has 2 saturated heterocycles. The third kappa shape index (κ3) is 6.08. The van der Waals surface area contributed by atoms with Gasteiger partial charge in [-0.15, -0.1) is 0 Å². The maximum absolute atomic E-state index is 13.2. The molecule has 2 unspecified atom stereocenters. The molecule has 8 heteroatoms. The van der Waals surface area contributed by atoms with Gasteiger partial charge in [0, 0.05) is 57.3 Å². The lowest BCUT2D eigenvalue weighted by molar-refractivity contribution is -0.123. The third-order valence-corrected chi connectivity index (χ3v) is 8.07. The van der Waals surface area contributed by atoms with E-state index in [1.165, 1.54) is 5.69 Å². The molecule has 0 radical (unpaired) electrons. The maximum Gasteiger partial charge on any atom is 0.265 e. The maximum atomic E-state index is 13.2. The minimum absolute atomic E-state index is 0.121. The van der Waals surface area contributed by atoms with Gasteiger partial charge in [0.05, 0.1) is 17.9 Å². The molecule has 38 heavy (non-hydrogen) atoms. The van der Waals surface area contributed by atoms with Crippen molar-refractivity contribution in [2.24, 2.45) is 0 Å². The van der Waals surface area contributed by atoms with E-state index in [2.05, 4.69) is 46.1 Å². The molecule has 2 fully saturated rings. The Morgan fingerprint density at radius 1 is 1.05 bits per heavy atom. The zero-order valence-electron chi connectivity index (χ0n) is 23.0. The number of amides is 1. The molecule has 0 aliphatic carbocycles. The van der Waals surface area contributed by atoms with Gasteiger partial charge in [0.15, 0.2) is 6.10 Å². The van der Waals surface area contributed by atoms with Gasteiger partial charge < -0.3 is 34.6 Å². The first-order valence-corrected chi connectivity index (χ1v) is 14.1. The van der Waals surface area contributed by atoms with E-state index in [0.29, 0.717) is 12.5 Å². The van der Waals surface area contributed by atoms with E-state index in [0.717, 1.165) is 93.4 Å². The highest BCUT2D eigenvalue weighted by atomic mass is 16.5. The lowest BCUT2D eigenvalue weighted by atomic mass is 9.96. The van der Waals surface area contributed by atoms with Crippen LogP contribution in [0.15, 0.2) is 36.4 Å². The van der Waals surface area contributed by atoms with Crippen LogP contribution in [0, 0.1) is 0 Å². The van der Waals surface area contributed by atoms with Crippen LogP contribution in [0.2, 0.25) is 0 Å². The van der Waals surface area contributed by atoms with Crippen molar-refractivity contribution in [2.45, 2.75) is 57.8 Å². The molecule has 3 aliphatic rings. The van der Waals surface area contributed by atoms with E-state index in [9.17, 15) is 9.90 Å². The summed E-state index contributed by atoms with van der Waals surface area (Å²) in [6, 6.07) is 12.2. The standard InChI is InChI=1S/C30H42N4O4/c1-4-37-26-11-13-33(14-12-26)25-8-6-24(7-9-25)31-30(36)28-10-5-22-19-23(21(2)35)20-27(29(22)38-28)34-17-15-32(3)16-18-34/h6-9,19-21,26,28,35H,4-5,10-18H2,1-3H3,(H,31,36). The zero-order chi connectivity index (χ0) is 26.6. The van der Waals surface area contributed by atoms with E-state index in [4.69, 9.17) is 9.47 Å². The molecule has 0 bridgehead atoms. The number of aliphatic hydroxyl groups is 1. The van der Waals surface area contributed by atoms with Crippen molar-refractivity contribution in [2.75, 3.05) is 68.0 Å². The highest BCUT2D eigenvalue weighted by molar-refractivity contribution is 5.95. The average molecular weight is 523 g/mol. The number of likely N-dealkylation sites (N-methyl/N-ethyl adjacent to an activating group) is 1. The molecule has 0 spiro atoms. The summed E-state index contributed by atoms with van der Waals surface area (Å²) in [5, 5.41) is 13.4. The van der Waals surface area contributed by atoms with Gasteiger partial charge in [-0.25, -0.2) is 0 Å². The fourth-order valence-corrected chi connectivity index (χ4v) is 5.71. The number of piperazine rings is 1. The number of hydrogen-bond acceptors (Lipinski definition) is 7. The van der Waals surface area contributed by atoms with Crippen molar-refractivity contribution in [3.8, 4) is 5.75 Å². The Morgan fingerprint density at radius 3 is 2.42 bits per heavy atom. The van der Waals surface area contributed by atoms with Gasteiger partial charge in [-0.2, -0.15) is 0 Å². The predicted octanol–water partition coefficient (Wildman–Crippen LogP) is 3.83.